The topological polar surface area (TPSA) is 34.2 Å². The number of nitrogens with one attached hydrogen (secondary N) is 1. The normalized spacial score (nSPS) is 10.4. The highest BCUT2D eigenvalue weighted by Crippen LogP contribution is 2.28. The zero-order valence-corrected chi connectivity index (χ0v) is 11.3. The number of nitrogens with zero attached hydrogens (tertiary/aromatic N) is 1. The first-order valence-corrected chi connectivity index (χ1v) is 6.17. The zero-order chi connectivity index (χ0) is 13.0. The van der Waals surface area contributed by atoms with Crippen LogP contribution in [0.25, 0.3) is 0 Å². The number of ether oxygens (including phenoxy) is 1. The molecule has 1 heterocycles. The Hall–Kier alpha value is -1.29. The third-order valence-electron chi connectivity index (χ3n) is 2.26. The molecule has 0 aliphatic carbocycles. The van der Waals surface area contributed by atoms with E-state index in [1.165, 1.54) is 0 Å². The minimum absolute atomic E-state index is 0.374. The Bertz CT molecular complexity index is 546. The van der Waals surface area contributed by atoms with E-state index in [4.69, 9.17) is 27.9 Å². The van der Waals surface area contributed by atoms with Crippen molar-refractivity contribution in [3.05, 3.63) is 52.1 Å². The van der Waals surface area contributed by atoms with Gasteiger partial charge in [0.25, 0.3) is 0 Å². The highest BCUT2D eigenvalue weighted by molar-refractivity contribution is 6.32. The summed E-state index contributed by atoms with van der Waals surface area (Å²) in [6.45, 7) is 0.712. The van der Waals surface area contributed by atoms with Gasteiger partial charge in [-0.25, -0.2) is 4.98 Å². The minimum Gasteiger partial charge on any atom is -0.437 e. The third-order valence-corrected chi connectivity index (χ3v) is 2.76. The highest BCUT2D eigenvalue weighted by atomic mass is 35.5. The van der Waals surface area contributed by atoms with E-state index in [9.17, 15) is 0 Å². The lowest BCUT2D eigenvalue weighted by Crippen LogP contribution is -2.05. The standard InChI is InChI=1S/C13H12Cl2N2O/c1-16-7-9-5-12(15)13(17-8-9)18-11-4-2-3-10(14)6-11/h2-6,8,16H,7H2,1H3. The number of pyridine rings is 1. The van der Waals surface area contributed by atoms with Gasteiger partial charge in [0, 0.05) is 17.8 Å². The van der Waals surface area contributed by atoms with Crippen LogP contribution < -0.4 is 10.1 Å². The van der Waals surface area contributed by atoms with Crippen LogP contribution in [-0.2, 0) is 6.54 Å². The van der Waals surface area contributed by atoms with Gasteiger partial charge >= 0.3 is 0 Å². The number of rotatable bonds is 4. The molecule has 1 aromatic carbocycles. The molecule has 0 saturated carbocycles. The predicted octanol–water partition coefficient (Wildman–Crippen LogP) is 3.90. The molecule has 0 radical (unpaired) electrons. The maximum atomic E-state index is 6.11. The number of halogens is 2. The summed E-state index contributed by atoms with van der Waals surface area (Å²) in [5.74, 6) is 0.983. The van der Waals surface area contributed by atoms with Crippen molar-refractivity contribution >= 4 is 23.2 Å². The second-order valence-electron chi connectivity index (χ2n) is 3.72. The van der Waals surface area contributed by atoms with Crippen molar-refractivity contribution in [1.29, 1.82) is 0 Å². The van der Waals surface area contributed by atoms with E-state index in [1.54, 1.807) is 30.5 Å². The molecule has 0 saturated heterocycles. The molecule has 0 aliphatic rings. The van der Waals surface area contributed by atoms with Crippen molar-refractivity contribution in [2.75, 3.05) is 7.05 Å². The van der Waals surface area contributed by atoms with E-state index >= 15 is 0 Å². The Morgan fingerprint density at radius 2 is 2.11 bits per heavy atom. The second kappa shape index (κ2) is 6.05. The van der Waals surface area contributed by atoms with Crippen LogP contribution >= 0.6 is 23.2 Å². The lowest BCUT2D eigenvalue weighted by atomic mass is 10.3. The van der Waals surface area contributed by atoms with Gasteiger partial charge in [0.15, 0.2) is 0 Å². The molecule has 2 aromatic rings. The van der Waals surface area contributed by atoms with Crippen molar-refractivity contribution in [2.24, 2.45) is 0 Å². The van der Waals surface area contributed by atoms with Crippen molar-refractivity contribution in [1.82, 2.24) is 10.3 Å². The fraction of sp³-hybridized carbons (Fsp3) is 0.154. The summed E-state index contributed by atoms with van der Waals surface area (Å²) >= 11 is 12.0. The number of hydrogen-bond donors (Lipinski definition) is 1. The van der Waals surface area contributed by atoms with Gasteiger partial charge in [0.05, 0.1) is 0 Å². The highest BCUT2D eigenvalue weighted by Gasteiger charge is 2.06. The van der Waals surface area contributed by atoms with Crippen LogP contribution in [0.5, 0.6) is 11.6 Å². The van der Waals surface area contributed by atoms with E-state index in [0.29, 0.717) is 28.2 Å². The van der Waals surface area contributed by atoms with Crippen molar-refractivity contribution in [3.8, 4) is 11.6 Å². The number of hydrogen-bond acceptors (Lipinski definition) is 3. The summed E-state index contributed by atoms with van der Waals surface area (Å²) < 4.78 is 5.58. The van der Waals surface area contributed by atoms with Crippen LogP contribution in [0, 0.1) is 0 Å². The summed E-state index contributed by atoms with van der Waals surface area (Å²) in [6.07, 6.45) is 1.72. The molecule has 94 valence electrons. The molecule has 0 unspecified atom stereocenters. The molecule has 0 fully saturated rings. The van der Waals surface area contributed by atoms with Crippen molar-refractivity contribution < 1.29 is 4.74 Å². The van der Waals surface area contributed by atoms with Gasteiger partial charge in [-0.3, -0.25) is 0 Å². The Morgan fingerprint density at radius 1 is 1.28 bits per heavy atom. The lowest BCUT2D eigenvalue weighted by molar-refractivity contribution is 0.462. The fourth-order valence-corrected chi connectivity index (χ4v) is 1.89. The quantitative estimate of drug-likeness (QED) is 0.924. The Kier molecular flexibility index (Phi) is 4.42. The van der Waals surface area contributed by atoms with Gasteiger partial charge in [0.1, 0.15) is 10.8 Å². The van der Waals surface area contributed by atoms with Crippen LogP contribution in [0.2, 0.25) is 10.0 Å². The van der Waals surface area contributed by atoms with Gasteiger partial charge in [-0.15, -0.1) is 0 Å². The monoisotopic (exact) mass is 282 g/mol. The van der Waals surface area contributed by atoms with Gasteiger partial charge in [-0.05, 0) is 36.9 Å². The molecule has 0 aliphatic heterocycles. The largest absolute Gasteiger partial charge is 0.437 e. The Morgan fingerprint density at radius 3 is 2.78 bits per heavy atom. The van der Waals surface area contributed by atoms with Gasteiger partial charge in [-0.2, -0.15) is 0 Å². The zero-order valence-electron chi connectivity index (χ0n) is 9.78. The lowest BCUT2D eigenvalue weighted by Gasteiger charge is -2.08. The first-order chi connectivity index (χ1) is 8.69. The van der Waals surface area contributed by atoms with Crippen molar-refractivity contribution in [3.63, 3.8) is 0 Å². The summed E-state index contributed by atoms with van der Waals surface area (Å²) in [5.41, 5.74) is 1.00. The van der Waals surface area contributed by atoms with Crippen LogP contribution in [0.1, 0.15) is 5.56 Å². The predicted molar refractivity (Wildman–Crippen MR) is 73.5 cm³/mol. The minimum atomic E-state index is 0.374. The Labute approximate surface area is 116 Å². The molecule has 0 spiro atoms. The molecule has 1 N–H and O–H groups in total. The molecule has 2 rings (SSSR count). The Balaban J connectivity index is 2.19. The third kappa shape index (κ3) is 3.35. The van der Waals surface area contributed by atoms with Crippen LogP contribution in [0.3, 0.4) is 0 Å². The van der Waals surface area contributed by atoms with Gasteiger partial charge in [0.2, 0.25) is 5.88 Å². The molecule has 5 heteroatoms. The number of benzene rings is 1. The van der Waals surface area contributed by atoms with Crippen LogP contribution in [0.15, 0.2) is 36.5 Å². The number of aromatic nitrogens is 1. The second-order valence-corrected chi connectivity index (χ2v) is 4.56. The maximum absolute atomic E-state index is 6.11. The summed E-state index contributed by atoms with van der Waals surface area (Å²) in [6, 6.07) is 8.91. The molecular formula is C13H12Cl2N2O. The SMILES string of the molecule is CNCc1cnc(Oc2cccc(Cl)c2)c(Cl)c1. The molecular weight excluding hydrogens is 271 g/mol. The first-order valence-electron chi connectivity index (χ1n) is 5.41. The molecule has 0 bridgehead atoms. The first kappa shape index (κ1) is 13.1. The van der Waals surface area contributed by atoms with Gasteiger partial charge < -0.3 is 10.1 Å². The van der Waals surface area contributed by atoms with E-state index in [2.05, 4.69) is 10.3 Å². The van der Waals surface area contributed by atoms with Gasteiger partial charge in [-0.1, -0.05) is 29.3 Å². The average Bonchev–Trinajstić information content (AvgIpc) is 2.33. The van der Waals surface area contributed by atoms with E-state index in [-0.39, 0.29) is 0 Å². The molecule has 0 atom stereocenters. The van der Waals surface area contributed by atoms with E-state index in [0.717, 1.165) is 5.56 Å². The summed E-state index contributed by atoms with van der Waals surface area (Å²) in [5, 5.41) is 4.11. The molecule has 3 nitrogen and oxygen atoms in total. The average molecular weight is 283 g/mol. The maximum Gasteiger partial charge on any atom is 0.238 e. The van der Waals surface area contributed by atoms with Crippen LogP contribution in [-0.4, -0.2) is 12.0 Å². The van der Waals surface area contributed by atoms with Crippen LogP contribution in [0.4, 0.5) is 0 Å². The molecule has 0 amide bonds. The summed E-state index contributed by atoms with van der Waals surface area (Å²) in [4.78, 5) is 4.18. The summed E-state index contributed by atoms with van der Waals surface area (Å²) in [7, 11) is 1.87. The van der Waals surface area contributed by atoms with Crippen molar-refractivity contribution in [2.45, 2.75) is 6.54 Å². The van der Waals surface area contributed by atoms with E-state index < -0.39 is 0 Å². The molecule has 1 aromatic heterocycles. The smallest absolute Gasteiger partial charge is 0.238 e. The van der Waals surface area contributed by atoms with E-state index in [1.807, 2.05) is 13.1 Å². The molecule has 18 heavy (non-hydrogen) atoms. The fourth-order valence-electron chi connectivity index (χ4n) is 1.48.